The largest absolute Gasteiger partial charge is 0.354 e. The Hall–Kier alpha value is -3.07. The number of amides is 3. The van der Waals surface area contributed by atoms with Gasteiger partial charge in [-0.15, -0.1) is 0 Å². The van der Waals surface area contributed by atoms with Gasteiger partial charge in [0.05, 0.1) is 0 Å². The van der Waals surface area contributed by atoms with Crippen LogP contribution in [0.1, 0.15) is 53.0 Å². The number of likely N-dealkylation sites (tertiary alicyclic amines) is 1. The van der Waals surface area contributed by atoms with Crippen LogP contribution in [0.2, 0.25) is 0 Å². The first-order valence-corrected chi connectivity index (χ1v) is 10.5. The molecule has 0 spiro atoms. The minimum atomic E-state index is -0.499. The lowest BCUT2D eigenvalue weighted by molar-refractivity contribution is 0.0958. The van der Waals surface area contributed by atoms with E-state index in [0.717, 1.165) is 37.2 Å². The molecule has 0 bridgehead atoms. The van der Waals surface area contributed by atoms with Gasteiger partial charge < -0.3 is 10.6 Å². The number of hydrogen-bond donors (Lipinski definition) is 3. The molecule has 1 aliphatic heterocycles. The maximum atomic E-state index is 14.8. The van der Waals surface area contributed by atoms with Gasteiger partial charge in [0.2, 0.25) is 0 Å². The Morgan fingerprint density at radius 3 is 2.61 bits per heavy atom. The van der Waals surface area contributed by atoms with E-state index in [4.69, 9.17) is 0 Å². The van der Waals surface area contributed by atoms with Crippen molar-refractivity contribution < 1.29 is 14.0 Å². The number of nitrogens with one attached hydrogen (secondary N) is 3. The molecule has 1 aliphatic rings. The molecule has 2 aromatic heterocycles. The SMILES string of the molecule is CCNC(=O)Nc1nccc(CN2CCC(c3ccc(C(=O)NC)nc3C)CC2)c1F. The first-order chi connectivity index (χ1) is 14.9. The van der Waals surface area contributed by atoms with Crippen LogP contribution in [0, 0.1) is 12.7 Å². The summed E-state index contributed by atoms with van der Waals surface area (Å²) in [5.74, 6) is -0.387. The van der Waals surface area contributed by atoms with Crippen LogP contribution in [-0.4, -0.2) is 53.5 Å². The molecule has 31 heavy (non-hydrogen) atoms. The van der Waals surface area contributed by atoms with Crippen LogP contribution in [0.15, 0.2) is 24.4 Å². The smallest absolute Gasteiger partial charge is 0.320 e. The maximum absolute atomic E-state index is 14.8. The Kier molecular flexibility index (Phi) is 7.51. The van der Waals surface area contributed by atoms with Crippen molar-refractivity contribution in [3.05, 3.63) is 52.7 Å². The minimum Gasteiger partial charge on any atom is -0.354 e. The number of anilines is 1. The molecular formula is C22H29FN6O2. The molecule has 0 aromatic carbocycles. The van der Waals surface area contributed by atoms with Crippen molar-refractivity contribution in [3.8, 4) is 0 Å². The zero-order valence-corrected chi connectivity index (χ0v) is 18.2. The predicted molar refractivity (Wildman–Crippen MR) is 117 cm³/mol. The summed E-state index contributed by atoms with van der Waals surface area (Å²) in [7, 11) is 1.59. The van der Waals surface area contributed by atoms with Gasteiger partial charge in [-0.2, -0.15) is 0 Å². The molecule has 1 fully saturated rings. The minimum absolute atomic E-state index is 0.0590. The molecule has 0 radical (unpaired) electrons. The van der Waals surface area contributed by atoms with Gasteiger partial charge in [-0.1, -0.05) is 6.07 Å². The fourth-order valence-electron chi connectivity index (χ4n) is 3.91. The van der Waals surface area contributed by atoms with Gasteiger partial charge in [0.25, 0.3) is 5.91 Å². The Bertz CT molecular complexity index is 944. The molecule has 9 heteroatoms. The van der Waals surface area contributed by atoms with Gasteiger partial charge >= 0.3 is 6.03 Å². The van der Waals surface area contributed by atoms with Gasteiger partial charge in [-0.05, 0) is 63.4 Å². The Balaban J connectivity index is 1.61. The second-order valence-corrected chi connectivity index (χ2v) is 7.62. The number of pyridine rings is 2. The van der Waals surface area contributed by atoms with E-state index in [1.807, 2.05) is 13.0 Å². The summed E-state index contributed by atoms with van der Waals surface area (Å²) in [6.45, 7) is 6.27. The molecule has 2 aromatic rings. The summed E-state index contributed by atoms with van der Waals surface area (Å²) < 4.78 is 14.8. The molecule has 3 amide bonds. The number of halogens is 1. The van der Waals surface area contributed by atoms with Crippen LogP contribution in [0.4, 0.5) is 15.0 Å². The molecule has 3 N–H and O–H groups in total. The zero-order valence-electron chi connectivity index (χ0n) is 18.2. The number of aryl methyl sites for hydroxylation is 1. The van der Waals surface area contributed by atoms with Crippen LogP contribution in [-0.2, 0) is 6.54 Å². The van der Waals surface area contributed by atoms with E-state index in [9.17, 15) is 14.0 Å². The summed E-state index contributed by atoms with van der Waals surface area (Å²) in [5.41, 5.74) is 2.97. The van der Waals surface area contributed by atoms with E-state index >= 15 is 0 Å². The highest BCUT2D eigenvalue weighted by atomic mass is 19.1. The Labute approximate surface area is 181 Å². The van der Waals surface area contributed by atoms with E-state index in [2.05, 4.69) is 30.8 Å². The quantitative estimate of drug-likeness (QED) is 0.657. The van der Waals surface area contributed by atoms with Crippen LogP contribution < -0.4 is 16.0 Å². The highest BCUT2D eigenvalue weighted by molar-refractivity contribution is 5.92. The van der Waals surface area contributed by atoms with E-state index in [1.165, 1.54) is 6.20 Å². The summed E-state index contributed by atoms with van der Waals surface area (Å²) in [4.78, 5) is 34.0. The average molecular weight is 429 g/mol. The van der Waals surface area contributed by atoms with E-state index in [-0.39, 0.29) is 11.7 Å². The third-order valence-electron chi connectivity index (χ3n) is 5.55. The number of aromatic nitrogens is 2. The molecular weight excluding hydrogens is 399 g/mol. The topological polar surface area (TPSA) is 99.3 Å². The monoisotopic (exact) mass is 428 g/mol. The second-order valence-electron chi connectivity index (χ2n) is 7.62. The molecule has 166 valence electrons. The zero-order chi connectivity index (χ0) is 22.4. The van der Waals surface area contributed by atoms with Crippen molar-refractivity contribution in [2.75, 3.05) is 32.0 Å². The van der Waals surface area contributed by atoms with Crippen LogP contribution in [0.3, 0.4) is 0 Å². The second kappa shape index (κ2) is 10.3. The summed E-state index contributed by atoms with van der Waals surface area (Å²) >= 11 is 0. The highest BCUT2D eigenvalue weighted by Crippen LogP contribution is 2.30. The van der Waals surface area contributed by atoms with Crippen LogP contribution >= 0.6 is 0 Å². The van der Waals surface area contributed by atoms with Crippen LogP contribution in [0.5, 0.6) is 0 Å². The van der Waals surface area contributed by atoms with Gasteiger partial charge in [-0.3, -0.25) is 15.0 Å². The third-order valence-corrected chi connectivity index (χ3v) is 5.55. The number of carbonyl (C=O) groups is 2. The predicted octanol–water partition coefficient (Wildman–Crippen LogP) is 2.80. The molecule has 0 unspecified atom stereocenters. The molecule has 0 saturated carbocycles. The molecule has 1 saturated heterocycles. The number of nitrogens with zero attached hydrogens (tertiary/aromatic N) is 3. The number of carbonyl (C=O) groups excluding carboxylic acids is 2. The Morgan fingerprint density at radius 2 is 1.97 bits per heavy atom. The fourth-order valence-corrected chi connectivity index (χ4v) is 3.91. The lowest BCUT2D eigenvalue weighted by Crippen LogP contribution is -2.33. The summed E-state index contributed by atoms with van der Waals surface area (Å²) in [6.07, 6.45) is 3.37. The highest BCUT2D eigenvalue weighted by Gasteiger charge is 2.24. The lowest BCUT2D eigenvalue weighted by Gasteiger charge is -2.32. The lowest BCUT2D eigenvalue weighted by atomic mass is 9.88. The van der Waals surface area contributed by atoms with Gasteiger partial charge in [-0.25, -0.2) is 19.2 Å². The third kappa shape index (κ3) is 5.55. The fraction of sp³-hybridized carbons (Fsp3) is 0.455. The number of piperidine rings is 1. The summed E-state index contributed by atoms with van der Waals surface area (Å²) in [6, 6.07) is 4.94. The van der Waals surface area contributed by atoms with Crippen molar-refractivity contribution in [2.24, 2.45) is 0 Å². The van der Waals surface area contributed by atoms with E-state index < -0.39 is 11.8 Å². The van der Waals surface area contributed by atoms with Gasteiger partial charge in [0.15, 0.2) is 11.6 Å². The molecule has 0 aliphatic carbocycles. The number of rotatable bonds is 6. The van der Waals surface area contributed by atoms with Gasteiger partial charge in [0.1, 0.15) is 5.69 Å². The van der Waals surface area contributed by atoms with Crippen molar-refractivity contribution >= 4 is 17.8 Å². The van der Waals surface area contributed by atoms with Crippen molar-refractivity contribution in [1.82, 2.24) is 25.5 Å². The molecule has 3 rings (SSSR count). The van der Waals surface area contributed by atoms with E-state index in [0.29, 0.717) is 30.3 Å². The number of urea groups is 1. The van der Waals surface area contributed by atoms with Crippen LogP contribution in [0.25, 0.3) is 0 Å². The molecule has 8 nitrogen and oxygen atoms in total. The first kappa shape index (κ1) is 22.6. The van der Waals surface area contributed by atoms with Gasteiger partial charge in [0, 0.05) is 37.6 Å². The van der Waals surface area contributed by atoms with Crippen molar-refractivity contribution in [3.63, 3.8) is 0 Å². The van der Waals surface area contributed by atoms with Crippen molar-refractivity contribution in [1.29, 1.82) is 0 Å². The molecule has 3 heterocycles. The van der Waals surface area contributed by atoms with E-state index in [1.54, 1.807) is 26.1 Å². The normalized spacial score (nSPS) is 14.8. The summed E-state index contributed by atoms with van der Waals surface area (Å²) in [5, 5.41) is 7.61. The maximum Gasteiger partial charge on any atom is 0.320 e. The standard InChI is InChI=1S/C22H29FN6O2/c1-4-25-22(31)28-20-19(23)16(7-10-26-20)13-29-11-8-15(9-12-29)17-5-6-18(21(30)24-3)27-14(17)2/h5-7,10,15H,4,8-9,11-13H2,1-3H3,(H,24,30)(H2,25,26,28,31). The first-order valence-electron chi connectivity index (χ1n) is 10.5. The average Bonchev–Trinajstić information content (AvgIpc) is 2.76. The number of hydrogen-bond acceptors (Lipinski definition) is 5. The van der Waals surface area contributed by atoms with Crippen molar-refractivity contribution in [2.45, 2.75) is 39.2 Å². The molecule has 0 atom stereocenters. The Morgan fingerprint density at radius 1 is 1.23 bits per heavy atom.